The molecule has 1 aromatic carbocycles. The molecule has 0 unspecified atom stereocenters. The molecule has 1 aliphatic carbocycles. The average molecular weight is 350 g/mol. The highest BCUT2D eigenvalue weighted by atomic mass is 16.6. The third kappa shape index (κ3) is 6.01. The second-order valence-electron chi connectivity index (χ2n) is 6.11. The zero-order valence-electron chi connectivity index (χ0n) is 14.7. The van der Waals surface area contributed by atoms with Crippen molar-refractivity contribution in [1.29, 1.82) is 0 Å². The Morgan fingerprint density at radius 2 is 2.08 bits per heavy atom. The Hall–Kier alpha value is -2.15. The minimum absolute atomic E-state index is 0.171. The Kier molecular flexibility index (Phi) is 7.66. The van der Waals surface area contributed by atoms with E-state index in [9.17, 15) is 14.9 Å². The molecule has 2 rings (SSSR count). The number of benzene rings is 1. The molecular weight excluding hydrogens is 324 g/mol. The monoisotopic (exact) mass is 350 g/mol. The van der Waals surface area contributed by atoms with Gasteiger partial charge in [-0.25, -0.2) is 0 Å². The van der Waals surface area contributed by atoms with Crippen LogP contribution in [-0.2, 0) is 4.74 Å². The van der Waals surface area contributed by atoms with E-state index < -0.39 is 4.92 Å². The first kappa shape index (κ1) is 19.2. The summed E-state index contributed by atoms with van der Waals surface area (Å²) in [4.78, 5) is 22.7. The number of carbonyl (C=O) groups excluding carboxylic acids is 1. The van der Waals surface area contributed by atoms with Gasteiger partial charge in [-0.05, 0) is 38.3 Å². The van der Waals surface area contributed by atoms with Crippen LogP contribution in [-0.4, -0.2) is 36.7 Å². The molecule has 0 bridgehead atoms. The molecule has 0 heterocycles. The predicted molar refractivity (Wildman–Crippen MR) is 94.0 cm³/mol. The van der Waals surface area contributed by atoms with Gasteiger partial charge in [0, 0.05) is 24.8 Å². The van der Waals surface area contributed by atoms with Crippen LogP contribution in [0.4, 0.5) is 5.69 Å². The van der Waals surface area contributed by atoms with E-state index in [4.69, 9.17) is 9.47 Å². The standard InChI is InChI=1S/C18H26N2O5/c1-2-24-17-10-9-14(13-16(17)20(22)23)18(21)19-11-6-12-25-15-7-4-3-5-8-15/h9-10,13,15H,2-8,11-12H2,1H3,(H,19,21). The molecule has 138 valence electrons. The molecular formula is C18H26N2O5. The van der Waals surface area contributed by atoms with Crippen LogP contribution in [0, 0.1) is 10.1 Å². The Morgan fingerprint density at radius 3 is 2.76 bits per heavy atom. The minimum Gasteiger partial charge on any atom is -0.487 e. The van der Waals surface area contributed by atoms with Crippen molar-refractivity contribution in [2.75, 3.05) is 19.8 Å². The largest absolute Gasteiger partial charge is 0.487 e. The Bertz CT molecular complexity index is 585. The predicted octanol–water partition coefficient (Wildman–Crippen LogP) is 3.46. The van der Waals surface area contributed by atoms with Gasteiger partial charge in [0.05, 0.1) is 17.6 Å². The first-order chi connectivity index (χ1) is 12.1. The fraction of sp³-hybridized carbons (Fsp3) is 0.611. The molecule has 1 N–H and O–H groups in total. The summed E-state index contributed by atoms with van der Waals surface area (Å²) < 4.78 is 11.0. The zero-order chi connectivity index (χ0) is 18.1. The van der Waals surface area contributed by atoms with Crippen LogP contribution < -0.4 is 10.1 Å². The van der Waals surface area contributed by atoms with Crippen molar-refractivity contribution in [3.63, 3.8) is 0 Å². The lowest BCUT2D eigenvalue weighted by Crippen LogP contribution is -2.26. The summed E-state index contributed by atoms with van der Waals surface area (Å²) in [7, 11) is 0. The van der Waals surface area contributed by atoms with E-state index in [2.05, 4.69) is 5.32 Å². The molecule has 0 aromatic heterocycles. The summed E-state index contributed by atoms with van der Waals surface area (Å²) in [6.45, 7) is 3.17. The summed E-state index contributed by atoms with van der Waals surface area (Å²) in [6, 6.07) is 4.24. The number of rotatable bonds is 9. The number of nitrogens with zero attached hydrogens (tertiary/aromatic N) is 1. The van der Waals surface area contributed by atoms with Gasteiger partial charge < -0.3 is 14.8 Å². The maximum atomic E-state index is 12.1. The van der Waals surface area contributed by atoms with Crippen LogP contribution in [0.5, 0.6) is 5.75 Å². The van der Waals surface area contributed by atoms with Crippen molar-refractivity contribution in [3.05, 3.63) is 33.9 Å². The smallest absolute Gasteiger partial charge is 0.311 e. The summed E-state index contributed by atoms with van der Waals surface area (Å²) in [5.41, 5.74) is 0.0542. The molecule has 0 radical (unpaired) electrons. The van der Waals surface area contributed by atoms with Crippen molar-refractivity contribution in [3.8, 4) is 5.75 Å². The van der Waals surface area contributed by atoms with E-state index in [0.717, 1.165) is 19.3 Å². The summed E-state index contributed by atoms with van der Waals surface area (Å²) in [5, 5.41) is 13.9. The molecule has 1 amide bonds. The normalized spacial score (nSPS) is 14.9. The van der Waals surface area contributed by atoms with E-state index in [1.54, 1.807) is 6.92 Å². The minimum atomic E-state index is -0.542. The quantitative estimate of drug-likeness (QED) is 0.418. The van der Waals surface area contributed by atoms with Crippen molar-refractivity contribution in [2.24, 2.45) is 0 Å². The van der Waals surface area contributed by atoms with Gasteiger partial charge in [0.15, 0.2) is 5.75 Å². The maximum absolute atomic E-state index is 12.1. The van der Waals surface area contributed by atoms with Crippen LogP contribution in [0.15, 0.2) is 18.2 Å². The highest BCUT2D eigenvalue weighted by Crippen LogP contribution is 2.28. The van der Waals surface area contributed by atoms with Gasteiger partial charge in [0.1, 0.15) is 0 Å². The van der Waals surface area contributed by atoms with E-state index in [-0.39, 0.29) is 22.9 Å². The Balaban J connectivity index is 1.78. The number of carbonyl (C=O) groups is 1. The van der Waals surface area contributed by atoms with Crippen LogP contribution in [0.1, 0.15) is 55.8 Å². The van der Waals surface area contributed by atoms with Crippen LogP contribution in [0.3, 0.4) is 0 Å². The maximum Gasteiger partial charge on any atom is 0.311 e. The number of nitrogens with one attached hydrogen (secondary N) is 1. The van der Waals surface area contributed by atoms with Gasteiger partial charge in [-0.2, -0.15) is 0 Å². The fourth-order valence-corrected chi connectivity index (χ4v) is 2.94. The van der Waals surface area contributed by atoms with Crippen LogP contribution >= 0.6 is 0 Å². The highest BCUT2D eigenvalue weighted by Gasteiger charge is 2.18. The lowest BCUT2D eigenvalue weighted by atomic mass is 9.98. The molecule has 7 heteroatoms. The fourth-order valence-electron chi connectivity index (χ4n) is 2.94. The van der Waals surface area contributed by atoms with Gasteiger partial charge in [-0.1, -0.05) is 19.3 Å². The summed E-state index contributed by atoms with van der Waals surface area (Å²) in [6.07, 6.45) is 7.10. The van der Waals surface area contributed by atoms with Gasteiger partial charge >= 0.3 is 5.69 Å². The number of hydrogen-bond acceptors (Lipinski definition) is 5. The number of hydrogen-bond donors (Lipinski definition) is 1. The lowest BCUT2D eigenvalue weighted by molar-refractivity contribution is -0.385. The topological polar surface area (TPSA) is 90.7 Å². The molecule has 0 saturated heterocycles. The molecule has 1 saturated carbocycles. The van der Waals surface area contributed by atoms with Gasteiger partial charge in [-0.15, -0.1) is 0 Å². The number of nitro benzene ring substituents is 1. The van der Waals surface area contributed by atoms with E-state index in [1.807, 2.05) is 0 Å². The molecule has 1 aromatic rings. The molecule has 25 heavy (non-hydrogen) atoms. The molecule has 0 spiro atoms. The van der Waals surface area contributed by atoms with Crippen molar-refractivity contribution < 1.29 is 19.2 Å². The van der Waals surface area contributed by atoms with E-state index >= 15 is 0 Å². The van der Waals surface area contributed by atoms with Crippen molar-refractivity contribution in [2.45, 2.75) is 51.6 Å². The average Bonchev–Trinajstić information content (AvgIpc) is 2.62. The van der Waals surface area contributed by atoms with Crippen LogP contribution in [0.2, 0.25) is 0 Å². The Labute approximate surface area is 147 Å². The number of nitro groups is 1. The molecule has 1 aliphatic rings. The molecule has 0 aliphatic heterocycles. The summed E-state index contributed by atoms with van der Waals surface area (Å²) in [5.74, 6) is -0.159. The second-order valence-corrected chi connectivity index (χ2v) is 6.11. The van der Waals surface area contributed by atoms with Crippen molar-refractivity contribution >= 4 is 11.6 Å². The van der Waals surface area contributed by atoms with E-state index in [1.165, 1.54) is 37.5 Å². The molecule has 0 atom stereocenters. The molecule has 1 fully saturated rings. The first-order valence-electron chi connectivity index (χ1n) is 8.93. The number of amides is 1. The first-order valence-corrected chi connectivity index (χ1v) is 8.93. The van der Waals surface area contributed by atoms with Gasteiger partial charge in [-0.3, -0.25) is 14.9 Å². The van der Waals surface area contributed by atoms with Crippen molar-refractivity contribution in [1.82, 2.24) is 5.32 Å². The summed E-state index contributed by atoms with van der Waals surface area (Å²) >= 11 is 0. The Morgan fingerprint density at radius 1 is 1.32 bits per heavy atom. The SMILES string of the molecule is CCOc1ccc(C(=O)NCCCOC2CCCCC2)cc1[N+](=O)[O-]. The van der Waals surface area contributed by atoms with Gasteiger partial charge in [0.25, 0.3) is 5.91 Å². The third-order valence-corrected chi connectivity index (χ3v) is 4.23. The van der Waals surface area contributed by atoms with Crippen LogP contribution in [0.25, 0.3) is 0 Å². The third-order valence-electron chi connectivity index (χ3n) is 4.23. The zero-order valence-corrected chi connectivity index (χ0v) is 14.7. The van der Waals surface area contributed by atoms with Gasteiger partial charge in [0.2, 0.25) is 0 Å². The second kappa shape index (κ2) is 9.98. The molecule has 7 nitrogen and oxygen atoms in total. The number of ether oxygens (including phenoxy) is 2. The lowest BCUT2D eigenvalue weighted by Gasteiger charge is -2.21. The highest BCUT2D eigenvalue weighted by molar-refractivity contribution is 5.95. The van der Waals surface area contributed by atoms with E-state index in [0.29, 0.717) is 25.9 Å².